The number of imidazole rings is 1. The van der Waals surface area contributed by atoms with Crippen LogP contribution in [0.2, 0.25) is 0 Å². The molecule has 0 unspecified atom stereocenters. The van der Waals surface area contributed by atoms with Gasteiger partial charge in [0.25, 0.3) is 0 Å². The number of nitrogens with two attached hydrogens (primary N) is 1. The number of rotatable bonds is 1. The standard InChI is InChI=1S/C20H14BrN3/c21-11-8-9-16-17(10-11)24-20(23-16)15-7-3-6-14-18(15)12-4-1-2-5-13(12)19(14)22/h1-10,19H,22H2,(H,23,24)/t19-/m1/s1. The Hall–Kier alpha value is -2.43. The second kappa shape index (κ2) is 5.03. The first kappa shape index (κ1) is 14.0. The van der Waals surface area contributed by atoms with Crippen molar-refractivity contribution in [2.45, 2.75) is 6.04 Å². The Kier molecular flexibility index (Phi) is 2.93. The summed E-state index contributed by atoms with van der Waals surface area (Å²) in [6, 6.07) is 20.6. The molecule has 1 aliphatic rings. The van der Waals surface area contributed by atoms with E-state index < -0.39 is 0 Å². The van der Waals surface area contributed by atoms with Crippen molar-refractivity contribution in [1.29, 1.82) is 0 Å². The molecular formula is C20H14BrN3. The van der Waals surface area contributed by atoms with Crippen LogP contribution in [0.5, 0.6) is 0 Å². The van der Waals surface area contributed by atoms with Gasteiger partial charge < -0.3 is 10.7 Å². The monoisotopic (exact) mass is 375 g/mol. The molecule has 3 aromatic carbocycles. The van der Waals surface area contributed by atoms with Crippen LogP contribution in [0, 0.1) is 0 Å². The molecule has 3 N–H and O–H groups in total. The van der Waals surface area contributed by atoms with Crippen molar-refractivity contribution >= 4 is 27.0 Å². The van der Waals surface area contributed by atoms with Gasteiger partial charge in [0, 0.05) is 10.0 Å². The molecule has 24 heavy (non-hydrogen) atoms. The van der Waals surface area contributed by atoms with Crippen LogP contribution >= 0.6 is 15.9 Å². The quantitative estimate of drug-likeness (QED) is 0.490. The third kappa shape index (κ3) is 1.90. The number of nitrogens with one attached hydrogen (secondary N) is 1. The summed E-state index contributed by atoms with van der Waals surface area (Å²) >= 11 is 3.51. The minimum Gasteiger partial charge on any atom is -0.338 e. The van der Waals surface area contributed by atoms with Crippen molar-refractivity contribution in [2.24, 2.45) is 5.73 Å². The number of nitrogens with zero attached hydrogens (tertiary/aromatic N) is 1. The van der Waals surface area contributed by atoms with E-state index in [0.717, 1.165) is 32.5 Å². The molecule has 4 heteroatoms. The van der Waals surface area contributed by atoms with E-state index in [4.69, 9.17) is 10.7 Å². The van der Waals surface area contributed by atoms with Gasteiger partial charge in [-0.25, -0.2) is 4.98 Å². The molecule has 0 radical (unpaired) electrons. The van der Waals surface area contributed by atoms with Gasteiger partial charge in [-0.2, -0.15) is 0 Å². The fraction of sp³-hybridized carbons (Fsp3) is 0.0500. The molecular weight excluding hydrogens is 362 g/mol. The maximum absolute atomic E-state index is 6.46. The fourth-order valence-corrected chi connectivity index (χ4v) is 3.96. The predicted octanol–water partition coefficient (Wildman–Crippen LogP) is 5.02. The summed E-state index contributed by atoms with van der Waals surface area (Å²) in [5.41, 5.74) is 14.3. The van der Waals surface area contributed by atoms with Crippen molar-refractivity contribution in [3.05, 3.63) is 76.3 Å². The van der Waals surface area contributed by atoms with Gasteiger partial charge in [0.05, 0.1) is 17.1 Å². The number of aromatic nitrogens is 2. The molecule has 1 aromatic heterocycles. The second-order valence-electron chi connectivity index (χ2n) is 6.08. The van der Waals surface area contributed by atoms with Crippen LogP contribution in [-0.2, 0) is 0 Å². The molecule has 0 saturated heterocycles. The van der Waals surface area contributed by atoms with Crippen LogP contribution in [0.4, 0.5) is 0 Å². The largest absolute Gasteiger partial charge is 0.338 e. The van der Waals surface area contributed by atoms with Gasteiger partial charge >= 0.3 is 0 Å². The molecule has 1 atom stereocenters. The van der Waals surface area contributed by atoms with E-state index in [1.807, 2.05) is 18.2 Å². The number of benzene rings is 3. The van der Waals surface area contributed by atoms with Gasteiger partial charge in [0.15, 0.2) is 0 Å². The Labute approximate surface area is 147 Å². The van der Waals surface area contributed by atoms with Crippen LogP contribution < -0.4 is 5.73 Å². The summed E-state index contributed by atoms with van der Waals surface area (Å²) in [6.07, 6.45) is 0. The highest BCUT2D eigenvalue weighted by atomic mass is 79.9. The highest BCUT2D eigenvalue weighted by Gasteiger charge is 2.28. The number of halogens is 1. The average Bonchev–Trinajstić information content (AvgIpc) is 3.15. The average molecular weight is 376 g/mol. The first-order valence-corrected chi connectivity index (χ1v) is 8.65. The zero-order valence-corrected chi connectivity index (χ0v) is 14.3. The topological polar surface area (TPSA) is 54.7 Å². The lowest BCUT2D eigenvalue weighted by molar-refractivity contribution is 0.901. The third-order valence-electron chi connectivity index (χ3n) is 4.70. The molecule has 0 aliphatic heterocycles. The van der Waals surface area contributed by atoms with Crippen LogP contribution in [0.3, 0.4) is 0 Å². The first-order valence-electron chi connectivity index (χ1n) is 7.86. The van der Waals surface area contributed by atoms with Crippen LogP contribution in [0.1, 0.15) is 17.2 Å². The van der Waals surface area contributed by atoms with E-state index in [0.29, 0.717) is 0 Å². The predicted molar refractivity (Wildman–Crippen MR) is 101 cm³/mol. The molecule has 1 aliphatic carbocycles. The molecule has 0 saturated carbocycles. The Morgan fingerprint density at radius 3 is 2.62 bits per heavy atom. The molecule has 0 bridgehead atoms. The van der Waals surface area contributed by atoms with E-state index in [1.54, 1.807) is 0 Å². The molecule has 4 aromatic rings. The van der Waals surface area contributed by atoms with Crippen molar-refractivity contribution in [3.8, 4) is 22.5 Å². The lowest BCUT2D eigenvalue weighted by Crippen LogP contribution is -2.07. The highest BCUT2D eigenvalue weighted by molar-refractivity contribution is 9.10. The van der Waals surface area contributed by atoms with Gasteiger partial charge in [-0.05, 0) is 40.5 Å². The van der Waals surface area contributed by atoms with Crippen molar-refractivity contribution in [1.82, 2.24) is 9.97 Å². The first-order chi connectivity index (χ1) is 11.7. The minimum absolute atomic E-state index is 0.0744. The number of fused-ring (bicyclic) bond motifs is 4. The zero-order chi connectivity index (χ0) is 16.3. The Morgan fingerprint density at radius 1 is 0.917 bits per heavy atom. The number of hydrogen-bond donors (Lipinski definition) is 2. The van der Waals surface area contributed by atoms with Gasteiger partial charge in [-0.15, -0.1) is 0 Å². The molecule has 0 fully saturated rings. The van der Waals surface area contributed by atoms with E-state index in [-0.39, 0.29) is 6.04 Å². The maximum Gasteiger partial charge on any atom is 0.139 e. The summed E-state index contributed by atoms with van der Waals surface area (Å²) in [4.78, 5) is 8.23. The normalized spacial score (nSPS) is 15.5. The molecule has 116 valence electrons. The third-order valence-corrected chi connectivity index (χ3v) is 5.19. The summed E-state index contributed by atoms with van der Waals surface area (Å²) in [5, 5.41) is 0. The summed E-state index contributed by atoms with van der Waals surface area (Å²) in [5.74, 6) is 0.879. The van der Waals surface area contributed by atoms with E-state index in [9.17, 15) is 0 Å². The minimum atomic E-state index is -0.0744. The zero-order valence-electron chi connectivity index (χ0n) is 12.8. The Morgan fingerprint density at radius 2 is 1.71 bits per heavy atom. The number of hydrogen-bond acceptors (Lipinski definition) is 2. The molecule has 0 amide bonds. The molecule has 5 rings (SSSR count). The van der Waals surface area contributed by atoms with Crippen molar-refractivity contribution in [2.75, 3.05) is 0 Å². The lowest BCUT2D eigenvalue weighted by Gasteiger charge is -2.08. The second-order valence-corrected chi connectivity index (χ2v) is 7.00. The van der Waals surface area contributed by atoms with Gasteiger partial charge in [-0.3, -0.25) is 0 Å². The molecule has 3 nitrogen and oxygen atoms in total. The summed E-state index contributed by atoms with van der Waals surface area (Å²) in [6.45, 7) is 0. The maximum atomic E-state index is 6.46. The summed E-state index contributed by atoms with van der Waals surface area (Å²) < 4.78 is 1.04. The van der Waals surface area contributed by atoms with Crippen LogP contribution in [-0.4, -0.2) is 9.97 Å². The smallest absolute Gasteiger partial charge is 0.139 e. The Balaban J connectivity index is 1.79. The summed E-state index contributed by atoms with van der Waals surface area (Å²) in [7, 11) is 0. The van der Waals surface area contributed by atoms with Gasteiger partial charge in [-0.1, -0.05) is 58.4 Å². The molecule has 1 heterocycles. The molecule has 0 spiro atoms. The van der Waals surface area contributed by atoms with E-state index >= 15 is 0 Å². The Bertz CT molecular complexity index is 1100. The van der Waals surface area contributed by atoms with Crippen molar-refractivity contribution in [3.63, 3.8) is 0 Å². The lowest BCUT2D eigenvalue weighted by atomic mass is 9.99. The number of aromatic amines is 1. The van der Waals surface area contributed by atoms with Crippen molar-refractivity contribution < 1.29 is 0 Å². The van der Waals surface area contributed by atoms with Crippen LogP contribution in [0.15, 0.2) is 65.1 Å². The number of H-pyrrole nitrogens is 1. The van der Waals surface area contributed by atoms with Gasteiger partial charge in [0.2, 0.25) is 0 Å². The highest BCUT2D eigenvalue weighted by Crippen LogP contribution is 2.46. The van der Waals surface area contributed by atoms with E-state index in [1.165, 1.54) is 16.7 Å². The van der Waals surface area contributed by atoms with E-state index in [2.05, 4.69) is 63.4 Å². The SMILES string of the molecule is N[C@@H]1c2ccccc2-c2c(-c3nc4ccc(Br)cc4[nH]3)cccc21. The van der Waals surface area contributed by atoms with Gasteiger partial charge in [0.1, 0.15) is 5.82 Å². The van der Waals surface area contributed by atoms with Crippen LogP contribution in [0.25, 0.3) is 33.5 Å². The fourth-order valence-electron chi connectivity index (χ4n) is 3.60.